The zero-order valence-electron chi connectivity index (χ0n) is 10.2. The third-order valence-corrected chi connectivity index (χ3v) is 4.06. The van der Waals surface area contributed by atoms with Gasteiger partial charge in [-0.15, -0.1) is 6.58 Å². The van der Waals surface area contributed by atoms with Crippen molar-refractivity contribution < 1.29 is 8.42 Å². The monoisotopic (exact) mass is 254 g/mol. The van der Waals surface area contributed by atoms with Crippen molar-refractivity contribution in [2.24, 2.45) is 0 Å². The number of rotatable bonds is 5. The quantitative estimate of drug-likeness (QED) is 0.477. The van der Waals surface area contributed by atoms with E-state index in [0.29, 0.717) is 24.2 Å². The Morgan fingerprint density at radius 2 is 2.06 bits per heavy atom. The first-order valence-corrected chi connectivity index (χ1v) is 6.84. The van der Waals surface area contributed by atoms with Crippen LogP contribution < -0.4 is 10.5 Å². The van der Waals surface area contributed by atoms with Crippen molar-refractivity contribution in [1.29, 1.82) is 0 Å². The smallest absolute Gasteiger partial charge is 0.240 e. The highest BCUT2D eigenvalue weighted by Gasteiger charge is 2.17. The summed E-state index contributed by atoms with van der Waals surface area (Å²) in [4.78, 5) is 0.249. The lowest BCUT2D eigenvalue weighted by atomic mass is 10.1. The fraction of sp³-hybridized carbons (Fsp3) is 0.333. The topological polar surface area (TPSA) is 72.2 Å². The fourth-order valence-electron chi connectivity index (χ4n) is 1.50. The highest BCUT2D eigenvalue weighted by atomic mass is 32.2. The van der Waals surface area contributed by atoms with Gasteiger partial charge in [-0.05, 0) is 43.5 Å². The molecule has 0 fully saturated rings. The summed E-state index contributed by atoms with van der Waals surface area (Å²) in [6.07, 6.45) is 2.26. The van der Waals surface area contributed by atoms with Gasteiger partial charge < -0.3 is 5.73 Å². The second kappa shape index (κ2) is 5.33. The molecular formula is C12H18N2O2S. The van der Waals surface area contributed by atoms with Crippen LogP contribution in [0.5, 0.6) is 0 Å². The van der Waals surface area contributed by atoms with Crippen LogP contribution in [0, 0.1) is 13.8 Å². The molecule has 0 unspecified atom stereocenters. The number of nitrogens with two attached hydrogens (primary N) is 1. The minimum atomic E-state index is -3.49. The molecule has 0 aliphatic heterocycles. The summed E-state index contributed by atoms with van der Waals surface area (Å²) in [5, 5.41) is 0. The SMILES string of the molecule is C=CCCNS(=O)(=O)c1cc(C)cc(N)c1C. The van der Waals surface area contributed by atoms with Gasteiger partial charge >= 0.3 is 0 Å². The molecular weight excluding hydrogens is 236 g/mol. The van der Waals surface area contributed by atoms with Crippen LogP contribution in [0.15, 0.2) is 29.7 Å². The molecule has 0 aliphatic rings. The highest BCUT2D eigenvalue weighted by Crippen LogP contribution is 2.22. The van der Waals surface area contributed by atoms with E-state index in [2.05, 4.69) is 11.3 Å². The standard InChI is InChI=1S/C12H18N2O2S/c1-4-5-6-14-17(15,16)12-8-9(2)7-11(13)10(12)3/h4,7-8,14H,1,5-6,13H2,2-3H3. The van der Waals surface area contributed by atoms with Crippen LogP contribution in [0.3, 0.4) is 0 Å². The molecule has 0 heterocycles. The van der Waals surface area contributed by atoms with E-state index in [1.165, 1.54) is 0 Å². The van der Waals surface area contributed by atoms with Gasteiger partial charge in [-0.1, -0.05) is 6.08 Å². The van der Waals surface area contributed by atoms with Crippen molar-refractivity contribution in [3.05, 3.63) is 35.9 Å². The van der Waals surface area contributed by atoms with Crippen LogP contribution in [0.1, 0.15) is 17.5 Å². The van der Waals surface area contributed by atoms with Gasteiger partial charge in [-0.2, -0.15) is 0 Å². The van der Waals surface area contributed by atoms with Gasteiger partial charge in [0, 0.05) is 12.2 Å². The first-order chi connectivity index (χ1) is 7.88. The van der Waals surface area contributed by atoms with Crippen molar-refractivity contribution in [3.8, 4) is 0 Å². The van der Waals surface area contributed by atoms with E-state index in [9.17, 15) is 8.42 Å². The van der Waals surface area contributed by atoms with Crippen LogP contribution in [0.25, 0.3) is 0 Å². The predicted octanol–water partition coefficient (Wildman–Crippen LogP) is 1.74. The number of anilines is 1. The predicted molar refractivity (Wildman–Crippen MR) is 70.3 cm³/mol. The average molecular weight is 254 g/mol. The fourth-order valence-corrected chi connectivity index (χ4v) is 2.91. The van der Waals surface area contributed by atoms with Crippen molar-refractivity contribution >= 4 is 15.7 Å². The molecule has 0 aromatic heterocycles. The number of benzene rings is 1. The third kappa shape index (κ3) is 3.31. The van der Waals surface area contributed by atoms with Crippen molar-refractivity contribution in [2.75, 3.05) is 12.3 Å². The molecule has 5 heteroatoms. The Morgan fingerprint density at radius 1 is 1.41 bits per heavy atom. The Bertz CT molecular complexity index is 522. The summed E-state index contributed by atoms with van der Waals surface area (Å²) >= 11 is 0. The Balaban J connectivity index is 3.10. The van der Waals surface area contributed by atoms with Gasteiger partial charge in [0.15, 0.2) is 0 Å². The maximum absolute atomic E-state index is 12.0. The van der Waals surface area contributed by atoms with Gasteiger partial charge in [-0.3, -0.25) is 0 Å². The third-order valence-electron chi connectivity index (χ3n) is 2.47. The van der Waals surface area contributed by atoms with Crippen molar-refractivity contribution in [1.82, 2.24) is 4.72 Å². The summed E-state index contributed by atoms with van der Waals surface area (Å²) < 4.78 is 26.6. The summed E-state index contributed by atoms with van der Waals surface area (Å²) in [6.45, 7) is 7.41. The molecule has 0 saturated carbocycles. The lowest BCUT2D eigenvalue weighted by molar-refractivity contribution is 0.581. The lowest BCUT2D eigenvalue weighted by Crippen LogP contribution is -2.25. The molecule has 1 rings (SSSR count). The van der Waals surface area contributed by atoms with Crippen LogP contribution in [0.2, 0.25) is 0 Å². The molecule has 0 spiro atoms. The number of aryl methyl sites for hydroxylation is 1. The Hall–Kier alpha value is -1.33. The highest BCUT2D eigenvalue weighted by molar-refractivity contribution is 7.89. The number of hydrogen-bond acceptors (Lipinski definition) is 3. The van der Waals surface area contributed by atoms with E-state index in [1.54, 1.807) is 25.1 Å². The van der Waals surface area contributed by atoms with E-state index in [0.717, 1.165) is 5.56 Å². The number of sulfonamides is 1. The Kier molecular flexibility index (Phi) is 4.31. The molecule has 0 radical (unpaired) electrons. The van der Waals surface area contributed by atoms with Crippen LogP contribution in [-0.2, 0) is 10.0 Å². The van der Waals surface area contributed by atoms with Crippen molar-refractivity contribution in [3.63, 3.8) is 0 Å². The number of nitrogen functional groups attached to an aromatic ring is 1. The minimum absolute atomic E-state index is 0.249. The lowest BCUT2D eigenvalue weighted by Gasteiger charge is -2.11. The van der Waals surface area contributed by atoms with Gasteiger partial charge in [0.2, 0.25) is 10.0 Å². The Labute approximate surface area is 103 Å². The van der Waals surface area contributed by atoms with Crippen LogP contribution >= 0.6 is 0 Å². The van der Waals surface area contributed by atoms with E-state index >= 15 is 0 Å². The largest absolute Gasteiger partial charge is 0.398 e. The molecule has 94 valence electrons. The Morgan fingerprint density at radius 3 is 2.65 bits per heavy atom. The zero-order chi connectivity index (χ0) is 13.1. The molecule has 17 heavy (non-hydrogen) atoms. The minimum Gasteiger partial charge on any atom is -0.398 e. The average Bonchev–Trinajstić information content (AvgIpc) is 2.23. The molecule has 3 N–H and O–H groups in total. The normalized spacial score (nSPS) is 11.4. The summed E-state index contributed by atoms with van der Waals surface area (Å²) in [7, 11) is -3.49. The maximum atomic E-state index is 12.0. The van der Waals surface area contributed by atoms with Gasteiger partial charge in [0.05, 0.1) is 4.90 Å². The van der Waals surface area contributed by atoms with Crippen LogP contribution in [0.4, 0.5) is 5.69 Å². The van der Waals surface area contributed by atoms with E-state index in [1.807, 2.05) is 6.92 Å². The van der Waals surface area contributed by atoms with Gasteiger partial charge in [0.1, 0.15) is 0 Å². The van der Waals surface area contributed by atoms with E-state index in [-0.39, 0.29) is 4.90 Å². The maximum Gasteiger partial charge on any atom is 0.240 e. The first-order valence-electron chi connectivity index (χ1n) is 5.36. The number of nitrogens with one attached hydrogen (secondary N) is 1. The molecule has 0 amide bonds. The molecule has 1 aromatic carbocycles. The molecule has 0 atom stereocenters. The second-order valence-electron chi connectivity index (χ2n) is 3.95. The summed E-state index contributed by atoms with van der Waals surface area (Å²) in [6, 6.07) is 3.39. The zero-order valence-corrected chi connectivity index (χ0v) is 11.0. The molecule has 0 bridgehead atoms. The molecule has 0 saturated heterocycles. The summed E-state index contributed by atoms with van der Waals surface area (Å²) in [5.41, 5.74) is 7.67. The second-order valence-corrected chi connectivity index (χ2v) is 5.69. The van der Waals surface area contributed by atoms with E-state index in [4.69, 9.17) is 5.73 Å². The molecule has 4 nitrogen and oxygen atoms in total. The number of hydrogen-bond donors (Lipinski definition) is 2. The first kappa shape index (κ1) is 13.7. The van der Waals surface area contributed by atoms with Gasteiger partial charge in [0.25, 0.3) is 0 Å². The van der Waals surface area contributed by atoms with Crippen molar-refractivity contribution in [2.45, 2.75) is 25.2 Å². The van der Waals surface area contributed by atoms with Crippen LogP contribution in [-0.4, -0.2) is 15.0 Å². The molecule has 1 aromatic rings. The summed E-state index contributed by atoms with van der Waals surface area (Å²) in [5.74, 6) is 0. The molecule has 0 aliphatic carbocycles. The van der Waals surface area contributed by atoms with Gasteiger partial charge in [-0.25, -0.2) is 13.1 Å². The van der Waals surface area contributed by atoms with E-state index < -0.39 is 10.0 Å².